The molecule has 0 unspecified atom stereocenters. The highest BCUT2D eigenvalue weighted by atomic mass is 35.5. The fraction of sp³-hybridized carbons (Fsp3) is 0.0417. The Hall–Kier alpha value is -3.70. The van der Waals surface area contributed by atoms with Crippen LogP contribution in [0.25, 0.3) is 16.8 Å². The zero-order valence-electron chi connectivity index (χ0n) is 16.2. The average molecular weight is 416 g/mol. The number of rotatable bonds is 4. The minimum Gasteiger partial charge on any atom is -0.306 e. The predicted octanol–water partition coefficient (Wildman–Crippen LogP) is 5.11. The number of carbonyl (C=O) groups is 1. The van der Waals surface area contributed by atoms with Gasteiger partial charge in [0.1, 0.15) is 11.5 Å². The first-order valence-electron chi connectivity index (χ1n) is 9.36. The summed E-state index contributed by atoms with van der Waals surface area (Å²) in [6, 6.07) is 25.1. The largest absolute Gasteiger partial charge is 0.306 e. The molecule has 0 aliphatic carbocycles. The van der Waals surface area contributed by atoms with Crippen molar-refractivity contribution >= 4 is 23.3 Å². The van der Waals surface area contributed by atoms with E-state index in [1.54, 1.807) is 60.1 Å². The fourth-order valence-electron chi connectivity index (χ4n) is 3.17. The van der Waals surface area contributed by atoms with Gasteiger partial charge in [0.2, 0.25) is 5.43 Å². The summed E-state index contributed by atoms with van der Waals surface area (Å²) >= 11 is 6.04. The molecule has 1 amide bonds. The summed E-state index contributed by atoms with van der Waals surface area (Å²) in [5, 5.41) is 7.93. The fourth-order valence-corrected chi connectivity index (χ4v) is 3.29. The molecule has 5 nitrogen and oxygen atoms in total. The van der Waals surface area contributed by atoms with Crippen LogP contribution in [0.4, 0.5) is 5.82 Å². The van der Waals surface area contributed by atoms with Crippen LogP contribution in [0.3, 0.4) is 0 Å². The maximum absolute atomic E-state index is 13.1. The van der Waals surface area contributed by atoms with Gasteiger partial charge in [-0.15, -0.1) is 0 Å². The number of hydrogen-bond acceptors (Lipinski definition) is 3. The number of amides is 1. The zero-order chi connectivity index (χ0) is 21.1. The third kappa shape index (κ3) is 3.88. The normalized spacial score (nSPS) is 10.6. The second-order valence-electron chi connectivity index (χ2n) is 6.71. The van der Waals surface area contributed by atoms with Crippen molar-refractivity contribution < 1.29 is 4.79 Å². The van der Waals surface area contributed by atoms with E-state index in [9.17, 15) is 9.59 Å². The van der Waals surface area contributed by atoms with Gasteiger partial charge in [-0.2, -0.15) is 5.10 Å². The molecule has 1 N–H and O–H groups in total. The third-order valence-electron chi connectivity index (χ3n) is 4.66. The highest BCUT2D eigenvalue weighted by Crippen LogP contribution is 2.28. The molecule has 0 saturated carbocycles. The van der Waals surface area contributed by atoms with Crippen molar-refractivity contribution in [3.05, 3.63) is 111 Å². The summed E-state index contributed by atoms with van der Waals surface area (Å²) in [4.78, 5) is 26.1. The van der Waals surface area contributed by atoms with Gasteiger partial charge in [-0.1, -0.05) is 60.1 Å². The molecular weight excluding hydrogens is 398 g/mol. The summed E-state index contributed by atoms with van der Waals surface area (Å²) in [5.74, 6) is -0.0338. The van der Waals surface area contributed by atoms with Crippen LogP contribution in [-0.4, -0.2) is 15.7 Å². The van der Waals surface area contributed by atoms with E-state index in [4.69, 9.17) is 11.6 Å². The second-order valence-corrected chi connectivity index (χ2v) is 7.15. The van der Waals surface area contributed by atoms with Gasteiger partial charge in [0.25, 0.3) is 5.91 Å². The lowest BCUT2D eigenvalue weighted by atomic mass is 10.0. The van der Waals surface area contributed by atoms with E-state index in [2.05, 4.69) is 10.4 Å². The zero-order valence-corrected chi connectivity index (χ0v) is 16.9. The first-order chi connectivity index (χ1) is 14.5. The molecule has 6 heteroatoms. The summed E-state index contributed by atoms with van der Waals surface area (Å²) in [5.41, 5.74) is 2.30. The first-order valence-corrected chi connectivity index (χ1v) is 9.74. The lowest BCUT2D eigenvalue weighted by Crippen LogP contribution is -2.24. The van der Waals surface area contributed by atoms with E-state index in [-0.39, 0.29) is 11.3 Å². The van der Waals surface area contributed by atoms with E-state index < -0.39 is 0 Å². The number of carbonyl (C=O) groups excluding carboxylic acids is 1. The number of benzene rings is 3. The molecule has 1 aromatic heterocycles. The van der Waals surface area contributed by atoms with Crippen LogP contribution < -0.4 is 10.7 Å². The highest BCUT2D eigenvalue weighted by Gasteiger charge is 2.20. The number of nitrogens with one attached hydrogen (secondary N) is 1. The van der Waals surface area contributed by atoms with Crippen LogP contribution >= 0.6 is 11.6 Å². The standard InChI is InChI=1S/C24H18ClN3O2/c1-16-22(29)21(17-8-4-2-5-9-17)23(26-24(30)18-10-6-3-7-11-18)28(27-16)20-14-12-19(25)13-15-20/h2-15H,1H3,(H,26,30). The number of hydrogen-bond donors (Lipinski definition) is 1. The van der Waals surface area contributed by atoms with Gasteiger partial charge in [0, 0.05) is 10.6 Å². The Morgan fingerprint density at radius 2 is 1.50 bits per heavy atom. The van der Waals surface area contributed by atoms with Gasteiger partial charge < -0.3 is 5.32 Å². The SMILES string of the molecule is Cc1nn(-c2ccc(Cl)cc2)c(NC(=O)c2ccccc2)c(-c2ccccc2)c1=O. The average Bonchev–Trinajstić information content (AvgIpc) is 2.78. The molecule has 4 aromatic rings. The topological polar surface area (TPSA) is 64.0 Å². The molecule has 0 spiro atoms. The van der Waals surface area contributed by atoms with Gasteiger partial charge in [0.05, 0.1) is 11.3 Å². The number of aromatic nitrogens is 2. The molecule has 0 atom stereocenters. The minimum absolute atomic E-state index is 0.241. The first kappa shape index (κ1) is 19.6. The van der Waals surface area contributed by atoms with Gasteiger partial charge in [0.15, 0.2) is 0 Å². The monoisotopic (exact) mass is 415 g/mol. The molecule has 0 aliphatic rings. The molecule has 3 aromatic carbocycles. The third-order valence-corrected chi connectivity index (χ3v) is 4.91. The Kier molecular flexibility index (Phi) is 5.46. The molecule has 0 radical (unpaired) electrons. The van der Waals surface area contributed by atoms with Crippen LogP contribution in [0, 0.1) is 6.92 Å². The Morgan fingerprint density at radius 3 is 2.13 bits per heavy atom. The van der Waals surface area contributed by atoms with Crippen LogP contribution in [0.2, 0.25) is 5.02 Å². The molecular formula is C24H18ClN3O2. The molecule has 30 heavy (non-hydrogen) atoms. The number of halogens is 1. The summed E-state index contributed by atoms with van der Waals surface area (Å²) in [7, 11) is 0. The van der Waals surface area contributed by atoms with E-state index in [1.165, 1.54) is 0 Å². The summed E-state index contributed by atoms with van der Waals surface area (Å²) in [6.45, 7) is 1.66. The quantitative estimate of drug-likeness (QED) is 0.503. The van der Waals surface area contributed by atoms with Crippen molar-refractivity contribution in [2.75, 3.05) is 5.32 Å². The highest BCUT2D eigenvalue weighted by molar-refractivity contribution is 6.30. The summed E-state index contributed by atoms with van der Waals surface area (Å²) < 4.78 is 1.57. The number of aryl methyl sites for hydroxylation is 1. The van der Waals surface area contributed by atoms with Gasteiger partial charge in [-0.25, -0.2) is 4.68 Å². The van der Waals surface area contributed by atoms with Gasteiger partial charge in [-0.3, -0.25) is 9.59 Å². The lowest BCUT2D eigenvalue weighted by molar-refractivity contribution is 0.102. The smallest absolute Gasteiger partial charge is 0.256 e. The Labute approximate surface area is 178 Å². The van der Waals surface area contributed by atoms with E-state index in [1.807, 2.05) is 36.4 Å². The molecule has 0 aliphatic heterocycles. The van der Waals surface area contributed by atoms with Crippen LogP contribution in [0.5, 0.6) is 0 Å². The van der Waals surface area contributed by atoms with Crippen molar-refractivity contribution in [2.45, 2.75) is 6.92 Å². The Morgan fingerprint density at radius 1 is 0.900 bits per heavy atom. The molecule has 0 fully saturated rings. The van der Waals surface area contributed by atoms with E-state index in [0.29, 0.717) is 38.9 Å². The Bertz CT molecular complexity index is 1250. The molecule has 4 rings (SSSR count). The van der Waals surface area contributed by atoms with Crippen LogP contribution in [-0.2, 0) is 0 Å². The lowest BCUT2D eigenvalue weighted by Gasteiger charge is -2.18. The number of nitrogens with zero attached hydrogens (tertiary/aromatic N) is 2. The van der Waals surface area contributed by atoms with Crippen LogP contribution in [0.15, 0.2) is 89.7 Å². The van der Waals surface area contributed by atoms with E-state index >= 15 is 0 Å². The molecule has 0 bridgehead atoms. The Balaban J connectivity index is 1.96. The van der Waals surface area contributed by atoms with Crippen molar-refractivity contribution in [1.29, 1.82) is 0 Å². The summed E-state index contributed by atoms with van der Waals surface area (Å²) in [6.07, 6.45) is 0. The predicted molar refractivity (Wildman–Crippen MR) is 119 cm³/mol. The second kappa shape index (κ2) is 8.35. The van der Waals surface area contributed by atoms with Crippen molar-refractivity contribution in [3.8, 4) is 16.8 Å². The maximum atomic E-state index is 13.1. The van der Waals surface area contributed by atoms with Gasteiger partial charge >= 0.3 is 0 Å². The minimum atomic E-state index is -0.333. The van der Waals surface area contributed by atoms with Crippen molar-refractivity contribution in [1.82, 2.24) is 9.78 Å². The van der Waals surface area contributed by atoms with Gasteiger partial charge in [-0.05, 0) is 48.9 Å². The van der Waals surface area contributed by atoms with Crippen molar-refractivity contribution in [2.24, 2.45) is 0 Å². The number of anilines is 1. The van der Waals surface area contributed by atoms with E-state index in [0.717, 1.165) is 0 Å². The van der Waals surface area contributed by atoms with Crippen molar-refractivity contribution in [3.63, 3.8) is 0 Å². The molecule has 148 valence electrons. The maximum Gasteiger partial charge on any atom is 0.256 e. The molecule has 1 heterocycles. The molecule has 0 saturated heterocycles. The van der Waals surface area contributed by atoms with Crippen LogP contribution in [0.1, 0.15) is 16.1 Å².